The van der Waals surface area contributed by atoms with Crippen molar-refractivity contribution in [3.05, 3.63) is 52.8 Å². The summed E-state index contributed by atoms with van der Waals surface area (Å²) >= 11 is 0. The average molecular weight is 370 g/mol. The molecule has 0 saturated heterocycles. The maximum absolute atomic E-state index is 13.1. The Bertz CT molecular complexity index is 939. The Morgan fingerprint density at radius 2 is 1.78 bits per heavy atom. The van der Waals surface area contributed by atoms with Crippen molar-refractivity contribution in [2.45, 2.75) is 19.4 Å². The van der Waals surface area contributed by atoms with Crippen molar-refractivity contribution in [3.8, 4) is 0 Å². The maximum Gasteiger partial charge on any atom is 0.320 e. The highest BCUT2D eigenvalue weighted by molar-refractivity contribution is 6.36. The van der Waals surface area contributed by atoms with E-state index in [0.717, 1.165) is 0 Å². The van der Waals surface area contributed by atoms with Gasteiger partial charge in [0.25, 0.3) is 0 Å². The molecule has 1 aromatic heterocycles. The van der Waals surface area contributed by atoms with Crippen molar-refractivity contribution in [2.75, 3.05) is 6.61 Å². The number of ketones is 3. The summed E-state index contributed by atoms with van der Waals surface area (Å²) in [5.74, 6) is -6.06. The van der Waals surface area contributed by atoms with Gasteiger partial charge in [-0.05, 0) is 19.9 Å². The van der Waals surface area contributed by atoms with E-state index in [1.54, 1.807) is 6.92 Å². The van der Waals surface area contributed by atoms with Crippen LogP contribution in [0.2, 0.25) is 0 Å². The SMILES string of the molecule is CCOC(=O)[C@@H](C(=O)c1cc(C)nn1C)C1(O)C(=O)c2ccccc2C1=O. The number of esters is 1. The summed E-state index contributed by atoms with van der Waals surface area (Å²) < 4.78 is 6.14. The molecule has 0 saturated carbocycles. The lowest BCUT2D eigenvalue weighted by Crippen LogP contribution is -2.55. The number of carbonyl (C=O) groups is 4. The van der Waals surface area contributed by atoms with Crippen molar-refractivity contribution in [1.82, 2.24) is 9.78 Å². The van der Waals surface area contributed by atoms with E-state index in [4.69, 9.17) is 4.74 Å². The molecule has 1 atom stereocenters. The first-order valence-electron chi connectivity index (χ1n) is 8.36. The highest BCUT2D eigenvalue weighted by Gasteiger charge is 2.62. The molecule has 1 aliphatic rings. The van der Waals surface area contributed by atoms with Crippen molar-refractivity contribution < 1.29 is 29.0 Å². The van der Waals surface area contributed by atoms with E-state index in [1.807, 2.05) is 0 Å². The number of fused-ring (bicyclic) bond motifs is 1. The van der Waals surface area contributed by atoms with Crippen LogP contribution < -0.4 is 0 Å². The van der Waals surface area contributed by atoms with E-state index >= 15 is 0 Å². The molecule has 0 spiro atoms. The van der Waals surface area contributed by atoms with Crippen LogP contribution in [0.3, 0.4) is 0 Å². The van der Waals surface area contributed by atoms with Gasteiger partial charge in [0.05, 0.1) is 12.3 Å². The zero-order valence-electron chi connectivity index (χ0n) is 15.1. The first-order chi connectivity index (χ1) is 12.7. The summed E-state index contributed by atoms with van der Waals surface area (Å²) in [4.78, 5) is 51.4. The topological polar surface area (TPSA) is 116 Å². The molecule has 0 unspecified atom stereocenters. The molecular weight excluding hydrogens is 352 g/mol. The average Bonchev–Trinajstić information content (AvgIpc) is 3.06. The van der Waals surface area contributed by atoms with Gasteiger partial charge in [0, 0.05) is 18.2 Å². The molecule has 27 heavy (non-hydrogen) atoms. The van der Waals surface area contributed by atoms with Gasteiger partial charge in [0.15, 0.2) is 11.7 Å². The van der Waals surface area contributed by atoms with E-state index < -0.39 is 34.8 Å². The molecule has 0 aliphatic heterocycles. The summed E-state index contributed by atoms with van der Waals surface area (Å²) in [6, 6.07) is 7.21. The Kier molecular flexibility index (Phi) is 4.52. The van der Waals surface area contributed by atoms with Gasteiger partial charge < -0.3 is 9.84 Å². The molecule has 2 aromatic rings. The second kappa shape index (κ2) is 6.55. The fourth-order valence-electron chi connectivity index (χ4n) is 3.34. The number of rotatable bonds is 5. The number of nitrogens with zero attached hydrogens (tertiary/aromatic N) is 2. The molecule has 3 rings (SSSR count). The van der Waals surface area contributed by atoms with E-state index in [2.05, 4.69) is 5.10 Å². The second-order valence-corrected chi connectivity index (χ2v) is 6.31. The molecule has 1 N–H and O–H groups in total. The highest BCUT2D eigenvalue weighted by Crippen LogP contribution is 2.37. The molecular formula is C19H18N2O6. The summed E-state index contributed by atoms with van der Waals surface area (Å²) in [6.07, 6.45) is 0. The van der Waals surface area contributed by atoms with Gasteiger partial charge in [-0.25, -0.2) is 0 Å². The minimum atomic E-state index is -2.86. The van der Waals surface area contributed by atoms with Gasteiger partial charge in [0.1, 0.15) is 5.69 Å². The van der Waals surface area contributed by atoms with E-state index in [0.29, 0.717) is 5.69 Å². The Morgan fingerprint density at radius 3 is 2.22 bits per heavy atom. The Labute approximate surface area is 154 Å². The largest absolute Gasteiger partial charge is 0.465 e. The summed E-state index contributed by atoms with van der Waals surface area (Å²) in [7, 11) is 1.49. The van der Waals surface area contributed by atoms with E-state index in [1.165, 1.54) is 49.0 Å². The first-order valence-corrected chi connectivity index (χ1v) is 8.36. The normalized spacial score (nSPS) is 16.1. The molecule has 1 heterocycles. The van der Waals surface area contributed by atoms with Crippen molar-refractivity contribution >= 4 is 23.3 Å². The van der Waals surface area contributed by atoms with Gasteiger partial charge in [0.2, 0.25) is 17.2 Å². The molecule has 8 heteroatoms. The number of benzene rings is 1. The van der Waals surface area contributed by atoms with Crippen LogP contribution in [-0.2, 0) is 16.6 Å². The van der Waals surface area contributed by atoms with Crippen LogP contribution >= 0.6 is 0 Å². The number of aliphatic hydroxyl groups is 1. The maximum atomic E-state index is 13.1. The number of carbonyl (C=O) groups excluding carboxylic acids is 4. The van der Waals surface area contributed by atoms with Crippen molar-refractivity contribution in [1.29, 1.82) is 0 Å². The van der Waals surface area contributed by atoms with Crippen LogP contribution in [0, 0.1) is 12.8 Å². The smallest absolute Gasteiger partial charge is 0.320 e. The van der Waals surface area contributed by atoms with Crippen molar-refractivity contribution in [2.24, 2.45) is 13.0 Å². The zero-order valence-corrected chi connectivity index (χ0v) is 15.1. The fraction of sp³-hybridized carbons (Fsp3) is 0.316. The zero-order chi connectivity index (χ0) is 19.9. The third-order valence-electron chi connectivity index (χ3n) is 4.57. The van der Waals surface area contributed by atoms with E-state index in [9.17, 15) is 24.3 Å². The molecule has 0 amide bonds. The molecule has 140 valence electrons. The molecule has 1 aliphatic carbocycles. The number of aromatic nitrogens is 2. The monoisotopic (exact) mass is 370 g/mol. The lowest BCUT2D eigenvalue weighted by Gasteiger charge is -2.26. The van der Waals surface area contributed by atoms with Gasteiger partial charge in [-0.15, -0.1) is 0 Å². The molecule has 0 radical (unpaired) electrons. The van der Waals surface area contributed by atoms with Gasteiger partial charge >= 0.3 is 5.97 Å². The molecule has 1 aromatic carbocycles. The van der Waals surface area contributed by atoms with Crippen LogP contribution in [0.15, 0.2) is 30.3 Å². The number of hydrogen-bond acceptors (Lipinski definition) is 7. The summed E-state index contributed by atoms with van der Waals surface area (Å²) in [5.41, 5.74) is -2.44. The predicted molar refractivity (Wildman–Crippen MR) is 92.5 cm³/mol. The first kappa shape index (κ1) is 18.7. The van der Waals surface area contributed by atoms with Gasteiger partial charge in [-0.2, -0.15) is 5.10 Å². The lowest BCUT2D eigenvalue weighted by molar-refractivity contribution is -0.150. The summed E-state index contributed by atoms with van der Waals surface area (Å²) in [6.45, 7) is 3.08. The highest BCUT2D eigenvalue weighted by atomic mass is 16.5. The Hall–Kier alpha value is -3.13. The third kappa shape index (κ3) is 2.69. The fourth-order valence-corrected chi connectivity index (χ4v) is 3.34. The number of hydrogen-bond donors (Lipinski definition) is 1. The van der Waals surface area contributed by atoms with Crippen LogP contribution in [0.4, 0.5) is 0 Å². The summed E-state index contributed by atoms with van der Waals surface area (Å²) in [5, 5.41) is 15.1. The number of aryl methyl sites for hydroxylation is 2. The minimum Gasteiger partial charge on any atom is -0.465 e. The number of ether oxygens (including phenoxy) is 1. The third-order valence-corrected chi connectivity index (χ3v) is 4.57. The minimum absolute atomic E-state index is 0.0180. The van der Waals surface area contributed by atoms with Crippen molar-refractivity contribution in [3.63, 3.8) is 0 Å². The van der Waals surface area contributed by atoms with Crippen LogP contribution in [0.1, 0.15) is 43.8 Å². The van der Waals surface area contributed by atoms with Crippen LogP contribution in [0.25, 0.3) is 0 Å². The molecule has 8 nitrogen and oxygen atoms in total. The standard InChI is InChI=1S/C19H18N2O6/c1-4-27-18(25)14(15(22)13-9-10(2)20-21(13)3)19(26)16(23)11-7-5-6-8-12(11)17(19)24/h5-9,14,26H,4H2,1-3H3/t14-/m1/s1. The van der Waals surface area contributed by atoms with E-state index in [-0.39, 0.29) is 23.4 Å². The van der Waals surface area contributed by atoms with Crippen LogP contribution in [0.5, 0.6) is 0 Å². The van der Waals surface area contributed by atoms with Gasteiger partial charge in [-0.3, -0.25) is 23.9 Å². The van der Waals surface area contributed by atoms with Crippen LogP contribution in [-0.4, -0.2) is 50.4 Å². The Balaban J connectivity index is 2.16. The quantitative estimate of drug-likeness (QED) is 0.472. The second-order valence-electron chi connectivity index (χ2n) is 6.31. The lowest BCUT2D eigenvalue weighted by atomic mass is 9.79. The Morgan fingerprint density at radius 1 is 1.22 bits per heavy atom. The molecule has 0 bridgehead atoms. The number of Topliss-reactive ketones (excluding diaryl/α,β-unsaturated/α-hetero) is 3. The predicted octanol–water partition coefficient (Wildman–Crippen LogP) is 0.901. The van der Waals surface area contributed by atoms with Gasteiger partial charge in [-0.1, -0.05) is 24.3 Å². The molecule has 0 fully saturated rings.